The van der Waals surface area contributed by atoms with Crippen LogP contribution in [-0.2, 0) is 12.8 Å². The molecule has 0 unspecified atom stereocenters. The summed E-state index contributed by atoms with van der Waals surface area (Å²) >= 11 is 12.9. The van der Waals surface area contributed by atoms with Gasteiger partial charge in [0.15, 0.2) is 0 Å². The van der Waals surface area contributed by atoms with Gasteiger partial charge in [0.2, 0.25) is 0 Å². The van der Waals surface area contributed by atoms with Gasteiger partial charge < -0.3 is 14.4 Å². The van der Waals surface area contributed by atoms with Crippen LogP contribution in [0.25, 0.3) is 33.3 Å². The Labute approximate surface area is 236 Å². The molecule has 5 aromatic rings. The van der Waals surface area contributed by atoms with E-state index in [1.54, 1.807) is 18.2 Å². The number of aromatic nitrogens is 2. The van der Waals surface area contributed by atoms with Gasteiger partial charge in [-0.25, -0.2) is 9.78 Å². The summed E-state index contributed by atoms with van der Waals surface area (Å²) in [6.45, 7) is 2.63. The number of fused-ring (bicyclic) bond motifs is 1. The van der Waals surface area contributed by atoms with E-state index in [2.05, 4.69) is 17.1 Å². The van der Waals surface area contributed by atoms with Crippen LogP contribution < -0.4 is 4.74 Å². The molecule has 3 aromatic carbocycles. The number of carboxylic acids is 1. The Kier molecular flexibility index (Phi) is 8.15. The van der Waals surface area contributed by atoms with Gasteiger partial charge in [0.25, 0.3) is 0 Å². The van der Waals surface area contributed by atoms with Gasteiger partial charge in [-0.2, -0.15) is 0 Å². The van der Waals surface area contributed by atoms with Crippen molar-refractivity contribution in [2.24, 2.45) is 0 Å². The maximum atomic E-state index is 11.2. The van der Waals surface area contributed by atoms with Crippen molar-refractivity contribution in [3.8, 4) is 28.1 Å². The molecule has 0 atom stereocenters. The minimum absolute atomic E-state index is 0.0336. The van der Waals surface area contributed by atoms with Gasteiger partial charge >= 0.3 is 5.97 Å². The third-order valence-corrected chi connectivity index (χ3v) is 7.11. The van der Waals surface area contributed by atoms with Gasteiger partial charge in [0, 0.05) is 22.9 Å². The molecule has 0 radical (unpaired) electrons. The van der Waals surface area contributed by atoms with Gasteiger partial charge in [-0.1, -0.05) is 65.6 Å². The zero-order valence-electron chi connectivity index (χ0n) is 21.3. The van der Waals surface area contributed by atoms with E-state index in [-0.39, 0.29) is 5.69 Å². The number of benzene rings is 3. The Morgan fingerprint density at radius 3 is 2.41 bits per heavy atom. The highest BCUT2D eigenvalue weighted by molar-refractivity contribution is 6.39. The fraction of sp³-hybridized carbons (Fsp3) is 0.194. The summed E-state index contributed by atoms with van der Waals surface area (Å²) in [5.41, 5.74) is 5.14. The monoisotopic (exact) mass is 560 g/mol. The third kappa shape index (κ3) is 5.92. The fourth-order valence-electron chi connectivity index (χ4n) is 4.55. The molecule has 6 nitrogen and oxygen atoms in total. The normalized spacial score (nSPS) is 11.2. The van der Waals surface area contributed by atoms with Crippen molar-refractivity contribution >= 4 is 40.1 Å². The number of carboxylic acid groups (broad SMARTS) is 1. The smallest absolute Gasteiger partial charge is 0.354 e. The molecule has 0 aliphatic carbocycles. The zero-order valence-corrected chi connectivity index (χ0v) is 22.8. The number of rotatable bonds is 10. The maximum absolute atomic E-state index is 11.2. The number of nitrogens with zero attached hydrogens (tertiary/aromatic N) is 2. The minimum Gasteiger partial charge on any atom is -0.494 e. The summed E-state index contributed by atoms with van der Waals surface area (Å²) < 4.78 is 11.7. The first kappa shape index (κ1) is 26.7. The molecular formula is C31H26Cl2N2O4. The Morgan fingerprint density at radius 1 is 0.949 bits per heavy atom. The lowest BCUT2D eigenvalue weighted by Crippen LogP contribution is -2.01. The van der Waals surface area contributed by atoms with Crippen LogP contribution in [0, 0.1) is 0 Å². The summed E-state index contributed by atoms with van der Waals surface area (Å²) in [6.07, 6.45) is 3.23. The van der Waals surface area contributed by atoms with E-state index in [9.17, 15) is 4.79 Å². The molecule has 0 saturated heterocycles. The van der Waals surface area contributed by atoms with Crippen LogP contribution >= 0.6 is 23.2 Å². The van der Waals surface area contributed by atoms with Gasteiger partial charge in [0.1, 0.15) is 22.9 Å². The highest BCUT2D eigenvalue weighted by atomic mass is 35.5. The van der Waals surface area contributed by atoms with Crippen molar-refractivity contribution in [2.45, 2.75) is 32.6 Å². The predicted molar refractivity (Wildman–Crippen MR) is 154 cm³/mol. The lowest BCUT2D eigenvalue weighted by atomic mass is 10.0. The molecule has 0 saturated carbocycles. The van der Waals surface area contributed by atoms with Gasteiger partial charge in [-0.3, -0.25) is 0 Å². The summed E-state index contributed by atoms with van der Waals surface area (Å²) in [6, 6.07) is 22.4. The number of halogens is 2. The molecule has 2 heterocycles. The van der Waals surface area contributed by atoms with Gasteiger partial charge in [0.05, 0.1) is 22.2 Å². The summed E-state index contributed by atoms with van der Waals surface area (Å²) in [5, 5.41) is 15.4. The lowest BCUT2D eigenvalue weighted by Gasteiger charge is -2.10. The van der Waals surface area contributed by atoms with E-state index >= 15 is 0 Å². The summed E-state index contributed by atoms with van der Waals surface area (Å²) in [7, 11) is 0. The second kappa shape index (κ2) is 11.9. The Bertz CT molecular complexity index is 1610. The molecule has 0 amide bonds. The van der Waals surface area contributed by atoms with E-state index in [0.29, 0.717) is 33.4 Å². The van der Waals surface area contributed by atoms with Crippen molar-refractivity contribution in [1.29, 1.82) is 0 Å². The average molecular weight is 561 g/mol. The highest BCUT2D eigenvalue weighted by Gasteiger charge is 2.21. The van der Waals surface area contributed by atoms with Gasteiger partial charge in [-0.05, 0) is 72.9 Å². The molecule has 5 rings (SSSR count). The van der Waals surface area contributed by atoms with E-state index in [1.807, 2.05) is 48.5 Å². The Hall–Kier alpha value is -3.87. The molecule has 8 heteroatoms. The van der Waals surface area contributed by atoms with E-state index in [0.717, 1.165) is 59.3 Å². The molecule has 2 aromatic heterocycles. The predicted octanol–water partition coefficient (Wildman–Crippen LogP) is 8.53. The topological polar surface area (TPSA) is 85.5 Å². The van der Waals surface area contributed by atoms with Crippen molar-refractivity contribution in [2.75, 3.05) is 6.61 Å². The first-order chi connectivity index (χ1) is 18.9. The molecule has 1 N–H and O–H groups in total. The molecule has 0 spiro atoms. The molecule has 0 aliphatic rings. The number of hydrogen-bond donors (Lipinski definition) is 1. The van der Waals surface area contributed by atoms with Crippen LogP contribution in [0.4, 0.5) is 0 Å². The molecule has 0 fully saturated rings. The zero-order chi connectivity index (χ0) is 27.4. The fourth-order valence-corrected chi connectivity index (χ4v) is 5.13. The van der Waals surface area contributed by atoms with Crippen LogP contribution in [0.3, 0.4) is 0 Å². The standard InChI is InChI=1S/C31H26Cl2N2O4/c1-2-5-28-23(30(35-39-28)29-24(32)7-3-8-25(29)33)6-4-17-38-22-13-9-19(10-14-22)20-11-15-26-21(18-20)12-16-27(34-26)31(36)37/h3,7-16,18H,2,4-6,17H2,1H3,(H,36,37). The van der Waals surface area contributed by atoms with Crippen molar-refractivity contribution in [1.82, 2.24) is 10.1 Å². The van der Waals surface area contributed by atoms with Crippen LogP contribution in [0.1, 0.15) is 41.6 Å². The molecule has 0 bridgehead atoms. The molecular weight excluding hydrogens is 535 g/mol. The Balaban J connectivity index is 1.24. The number of hydrogen-bond acceptors (Lipinski definition) is 5. The first-order valence-corrected chi connectivity index (χ1v) is 13.5. The van der Waals surface area contributed by atoms with Crippen LogP contribution in [0.15, 0.2) is 77.3 Å². The molecule has 0 aliphatic heterocycles. The maximum Gasteiger partial charge on any atom is 0.354 e. The van der Waals surface area contributed by atoms with Crippen molar-refractivity contribution < 1.29 is 19.2 Å². The SMILES string of the molecule is CCCc1onc(-c2c(Cl)cccc2Cl)c1CCCOc1ccc(-c2ccc3nc(C(=O)O)ccc3c2)cc1. The number of aryl methyl sites for hydroxylation is 1. The second-order valence-corrected chi connectivity index (χ2v) is 9.98. The van der Waals surface area contributed by atoms with Crippen LogP contribution in [0.2, 0.25) is 10.0 Å². The lowest BCUT2D eigenvalue weighted by molar-refractivity contribution is 0.0691. The number of aromatic carboxylic acids is 1. The largest absolute Gasteiger partial charge is 0.494 e. The van der Waals surface area contributed by atoms with Crippen molar-refractivity contribution in [3.05, 3.63) is 99.9 Å². The van der Waals surface area contributed by atoms with Gasteiger partial charge in [-0.15, -0.1) is 0 Å². The van der Waals surface area contributed by atoms with E-state index in [1.165, 1.54) is 6.07 Å². The second-order valence-electron chi connectivity index (χ2n) is 9.17. The molecule has 198 valence electrons. The highest BCUT2D eigenvalue weighted by Crippen LogP contribution is 2.37. The average Bonchev–Trinajstić information content (AvgIpc) is 3.32. The van der Waals surface area contributed by atoms with Crippen molar-refractivity contribution in [3.63, 3.8) is 0 Å². The van der Waals surface area contributed by atoms with Crippen LogP contribution in [-0.4, -0.2) is 27.8 Å². The van der Waals surface area contributed by atoms with E-state index in [4.69, 9.17) is 37.6 Å². The summed E-state index contributed by atoms with van der Waals surface area (Å²) in [4.78, 5) is 15.4. The Morgan fingerprint density at radius 2 is 1.69 bits per heavy atom. The minimum atomic E-state index is -1.04. The van der Waals surface area contributed by atoms with Crippen LogP contribution in [0.5, 0.6) is 5.75 Å². The number of pyridine rings is 1. The number of ether oxygens (including phenoxy) is 1. The van der Waals surface area contributed by atoms with E-state index < -0.39 is 5.97 Å². The molecule has 39 heavy (non-hydrogen) atoms. The summed E-state index contributed by atoms with van der Waals surface area (Å²) in [5.74, 6) is 0.600. The number of carbonyl (C=O) groups is 1. The first-order valence-electron chi connectivity index (χ1n) is 12.7. The quantitative estimate of drug-likeness (QED) is 0.172. The third-order valence-electron chi connectivity index (χ3n) is 6.48.